The molecule has 0 unspecified atom stereocenters. The van der Waals surface area contributed by atoms with E-state index in [0.717, 1.165) is 19.3 Å². The summed E-state index contributed by atoms with van der Waals surface area (Å²) in [5.74, 6) is 0.728. The molecule has 2 aromatic carbocycles. The lowest BCUT2D eigenvalue weighted by molar-refractivity contribution is -0.115. The summed E-state index contributed by atoms with van der Waals surface area (Å²) in [7, 11) is -3.58. The summed E-state index contributed by atoms with van der Waals surface area (Å²) in [5, 5.41) is 3.13. The van der Waals surface area contributed by atoms with Gasteiger partial charge in [0.15, 0.2) is 11.5 Å². The van der Waals surface area contributed by atoms with E-state index in [1.165, 1.54) is 12.1 Å². The number of benzene rings is 2. The molecule has 4 rings (SSSR count). The van der Waals surface area contributed by atoms with Gasteiger partial charge in [-0.05, 0) is 48.7 Å². The first-order valence-corrected chi connectivity index (χ1v) is 11.3. The van der Waals surface area contributed by atoms with Gasteiger partial charge in [-0.3, -0.25) is 4.79 Å². The fraction of sp³-hybridized carbons (Fsp3) is 0.350. The zero-order chi connectivity index (χ0) is 20.4. The lowest BCUT2D eigenvalue weighted by atomic mass is 10.1. The van der Waals surface area contributed by atoms with Gasteiger partial charge in [0.2, 0.25) is 15.9 Å². The van der Waals surface area contributed by atoms with Crippen LogP contribution < -0.4 is 19.5 Å². The summed E-state index contributed by atoms with van der Waals surface area (Å²) >= 11 is 6.27. The van der Waals surface area contributed by atoms with Gasteiger partial charge < -0.3 is 14.8 Å². The number of carbonyl (C=O) groups excluding carboxylic acids is 1. The molecule has 1 heterocycles. The minimum Gasteiger partial charge on any atom is -0.489 e. The van der Waals surface area contributed by atoms with Crippen molar-refractivity contribution < 1.29 is 22.7 Å². The first-order chi connectivity index (χ1) is 13.9. The van der Waals surface area contributed by atoms with Gasteiger partial charge in [0, 0.05) is 18.2 Å². The number of fused-ring (bicyclic) bond motifs is 1. The van der Waals surface area contributed by atoms with Crippen LogP contribution in [-0.2, 0) is 21.2 Å². The molecule has 0 spiro atoms. The van der Waals surface area contributed by atoms with E-state index in [1.807, 2.05) is 0 Å². The molecule has 154 valence electrons. The van der Waals surface area contributed by atoms with Crippen molar-refractivity contribution in [3.8, 4) is 11.5 Å². The Morgan fingerprint density at radius 1 is 1.14 bits per heavy atom. The number of anilines is 1. The van der Waals surface area contributed by atoms with E-state index in [9.17, 15) is 13.2 Å². The third kappa shape index (κ3) is 5.01. The molecule has 1 amide bonds. The lowest BCUT2D eigenvalue weighted by Gasteiger charge is -2.12. The van der Waals surface area contributed by atoms with Crippen LogP contribution in [0.15, 0.2) is 41.3 Å². The standard InChI is InChI=1S/C20H21ClN2O5S/c21-17-9-13(10-18-20(17)28-8-2-7-27-18)11-19(24)22-15-3-1-4-16(12-15)29(25,26)23-14-5-6-14/h1,3-4,9-10,12,14,23H,2,5-8,11H2,(H,22,24). The van der Waals surface area contributed by atoms with E-state index in [0.29, 0.717) is 41.0 Å². The van der Waals surface area contributed by atoms with Gasteiger partial charge in [0.25, 0.3) is 0 Å². The fourth-order valence-corrected chi connectivity index (χ4v) is 4.64. The first kappa shape index (κ1) is 20.0. The van der Waals surface area contributed by atoms with E-state index in [-0.39, 0.29) is 23.3 Å². The van der Waals surface area contributed by atoms with E-state index in [1.54, 1.807) is 24.3 Å². The average Bonchev–Trinajstić information content (AvgIpc) is 3.48. The summed E-state index contributed by atoms with van der Waals surface area (Å²) in [6.07, 6.45) is 2.53. The number of rotatable bonds is 6. The van der Waals surface area contributed by atoms with Crippen molar-refractivity contribution in [2.75, 3.05) is 18.5 Å². The molecule has 2 aliphatic rings. The highest BCUT2D eigenvalue weighted by atomic mass is 35.5. The van der Waals surface area contributed by atoms with Crippen LogP contribution >= 0.6 is 11.6 Å². The zero-order valence-corrected chi connectivity index (χ0v) is 17.2. The van der Waals surface area contributed by atoms with Gasteiger partial charge in [-0.25, -0.2) is 13.1 Å². The summed E-state index contributed by atoms with van der Waals surface area (Å²) in [6.45, 7) is 1.05. The third-order valence-electron chi connectivity index (χ3n) is 4.55. The number of halogens is 1. The minimum atomic E-state index is -3.58. The Labute approximate surface area is 174 Å². The maximum absolute atomic E-state index is 12.5. The molecular formula is C20H21ClN2O5S. The van der Waals surface area contributed by atoms with Gasteiger partial charge in [0.1, 0.15) is 0 Å². The maximum Gasteiger partial charge on any atom is 0.240 e. The quantitative estimate of drug-likeness (QED) is 0.725. The molecule has 0 aromatic heterocycles. The van der Waals surface area contributed by atoms with E-state index in [4.69, 9.17) is 21.1 Å². The minimum absolute atomic E-state index is 0.0161. The van der Waals surface area contributed by atoms with Gasteiger partial charge in [0.05, 0.1) is 29.6 Å². The second kappa shape index (κ2) is 8.22. The number of sulfonamides is 1. The molecule has 0 saturated heterocycles. The lowest BCUT2D eigenvalue weighted by Crippen LogP contribution is -2.25. The topological polar surface area (TPSA) is 93.7 Å². The Bertz CT molecular complexity index is 1040. The predicted octanol–water partition coefficient (Wildman–Crippen LogP) is 3.12. The molecule has 1 fully saturated rings. The van der Waals surface area contributed by atoms with Crippen molar-refractivity contribution in [2.24, 2.45) is 0 Å². The number of hydrogen-bond donors (Lipinski definition) is 2. The molecule has 2 N–H and O–H groups in total. The van der Waals surface area contributed by atoms with Crippen LogP contribution in [0.5, 0.6) is 11.5 Å². The smallest absolute Gasteiger partial charge is 0.240 e. The molecule has 0 atom stereocenters. The van der Waals surface area contributed by atoms with Gasteiger partial charge in [-0.15, -0.1) is 0 Å². The second-order valence-electron chi connectivity index (χ2n) is 7.10. The highest BCUT2D eigenvalue weighted by molar-refractivity contribution is 7.89. The van der Waals surface area contributed by atoms with Crippen molar-refractivity contribution >= 4 is 33.2 Å². The Hall–Kier alpha value is -2.29. The molecule has 1 aliphatic carbocycles. The van der Waals surface area contributed by atoms with Crippen molar-refractivity contribution in [2.45, 2.75) is 36.6 Å². The molecule has 0 bridgehead atoms. The van der Waals surface area contributed by atoms with E-state index < -0.39 is 10.0 Å². The summed E-state index contributed by atoms with van der Waals surface area (Å²) in [6, 6.07) is 9.63. The zero-order valence-electron chi connectivity index (χ0n) is 15.6. The largest absolute Gasteiger partial charge is 0.489 e. The highest BCUT2D eigenvalue weighted by Gasteiger charge is 2.28. The molecule has 0 radical (unpaired) electrons. The van der Waals surface area contributed by atoms with Gasteiger partial charge in [-0.2, -0.15) is 0 Å². The fourth-order valence-electron chi connectivity index (χ4n) is 3.01. The summed E-state index contributed by atoms with van der Waals surface area (Å²) in [5.41, 5.74) is 1.09. The van der Waals surface area contributed by atoms with E-state index >= 15 is 0 Å². The monoisotopic (exact) mass is 436 g/mol. The summed E-state index contributed by atoms with van der Waals surface area (Å²) in [4.78, 5) is 12.6. The molecule has 1 aliphatic heterocycles. The molecule has 1 saturated carbocycles. The normalized spacial score (nSPS) is 16.2. The molecule has 29 heavy (non-hydrogen) atoms. The van der Waals surface area contributed by atoms with Crippen LogP contribution in [0.1, 0.15) is 24.8 Å². The number of amides is 1. The van der Waals surface area contributed by atoms with Crippen molar-refractivity contribution in [1.29, 1.82) is 0 Å². The number of carbonyl (C=O) groups is 1. The third-order valence-corrected chi connectivity index (χ3v) is 6.35. The van der Waals surface area contributed by atoms with Crippen molar-refractivity contribution in [3.05, 3.63) is 47.0 Å². The van der Waals surface area contributed by atoms with Crippen LogP contribution in [0, 0.1) is 0 Å². The number of nitrogens with one attached hydrogen (secondary N) is 2. The molecule has 2 aromatic rings. The maximum atomic E-state index is 12.5. The first-order valence-electron chi connectivity index (χ1n) is 9.41. The highest BCUT2D eigenvalue weighted by Crippen LogP contribution is 2.38. The van der Waals surface area contributed by atoms with Crippen LogP contribution in [-0.4, -0.2) is 33.6 Å². The van der Waals surface area contributed by atoms with Gasteiger partial charge >= 0.3 is 0 Å². The SMILES string of the molecule is O=C(Cc1cc(Cl)c2c(c1)OCCCO2)Nc1cccc(S(=O)(=O)NC2CC2)c1. The number of hydrogen-bond acceptors (Lipinski definition) is 5. The van der Waals surface area contributed by atoms with Crippen molar-refractivity contribution in [3.63, 3.8) is 0 Å². The van der Waals surface area contributed by atoms with Gasteiger partial charge in [-0.1, -0.05) is 17.7 Å². The summed E-state index contributed by atoms with van der Waals surface area (Å²) < 4.78 is 38.6. The van der Waals surface area contributed by atoms with Crippen molar-refractivity contribution in [1.82, 2.24) is 4.72 Å². The number of ether oxygens (including phenoxy) is 2. The Morgan fingerprint density at radius 2 is 1.93 bits per heavy atom. The predicted molar refractivity (Wildman–Crippen MR) is 109 cm³/mol. The van der Waals surface area contributed by atoms with Crippen LogP contribution in [0.25, 0.3) is 0 Å². The molecule has 9 heteroatoms. The van der Waals surface area contributed by atoms with Crippen LogP contribution in [0.2, 0.25) is 5.02 Å². The Morgan fingerprint density at radius 3 is 2.72 bits per heavy atom. The van der Waals surface area contributed by atoms with E-state index in [2.05, 4.69) is 10.0 Å². The Kier molecular flexibility index (Phi) is 5.67. The van der Waals surface area contributed by atoms with Crippen LogP contribution in [0.3, 0.4) is 0 Å². The molecular weight excluding hydrogens is 416 g/mol. The second-order valence-corrected chi connectivity index (χ2v) is 9.22. The van der Waals surface area contributed by atoms with Crippen LogP contribution in [0.4, 0.5) is 5.69 Å². The molecule has 7 nitrogen and oxygen atoms in total. The Balaban J connectivity index is 1.45. The average molecular weight is 437 g/mol.